The molecule has 0 atom stereocenters. The molecule has 0 aliphatic heterocycles. The van der Waals surface area contributed by atoms with Gasteiger partial charge in [0.25, 0.3) is 5.96 Å². The maximum atomic E-state index is 9.92. The summed E-state index contributed by atoms with van der Waals surface area (Å²) in [7, 11) is 0. The van der Waals surface area contributed by atoms with E-state index < -0.39 is 11.0 Å². The van der Waals surface area contributed by atoms with Gasteiger partial charge < -0.3 is 10.8 Å². The fraction of sp³-hybridized carbons (Fsp3) is 0.667. The van der Waals surface area contributed by atoms with Gasteiger partial charge in [0.05, 0.1) is 18.4 Å². The molecule has 0 aromatic heterocycles. The Balaban J connectivity index is 4.29. The number of hydrogen-bond acceptors (Lipinski definition) is 4. The normalized spacial score (nSPS) is 10.9. The van der Waals surface area contributed by atoms with Gasteiger partial charge in [-0.25, -0.2) is 5.21 Å². The number of hydrazone groups is 1. The van der Waals surface area contributed by atoms with E-state index in [1.54, 1.807) is 0 Å². The lowest BCUT2D eigenvalue weighted by molar-refractivity contribution is -0.796. The Bertz CT molecular complexity index is 203. The largest absolute Gasteiger partial charge is 0.394 e. The number of nitrogens with zero attached hydrogens (tertiary/aromatic N) is 4. The van der Waals surface area contributed by atoms with E-state index in [9.17, 15) is 9.81 Å². The minimum atomic E-state index is -0.815. The molecule has 0 saturated heterocycles. The van der Waals surface area contributed by atoms with Gasteiger partial charge in [-0.3, -0.25) is 0 Å². The Morgan fingerprint density at radius 3 is 2.58 bits per heavy atom. The molecule has 0 aliphatic rings. The molecule has 0 aliphatic carbocycles. The lowest BCUT2D eigenvalue weighted by Gasteiger charge is -2.07. The molecular formula is C3H8N5O4+. The molecule has 0 spiro atoms. The van der Waals surface area contributed by atoms with E-state index in [2.05, 4.69) is 10.4 Å². The zero-order chi connectivity index (χ0) is 9.56. The van der Waals surface area contributed by atoms with Crippen LogP contribution in [0.4, 0.5) is 0 Å². The molecule has 0 bridgehead atoms. The third-order valence-electron chi connectivity index (χ3n) is 0.863. The van der Waals surface area contributed by atoms with Gasteiger partial charge in [-0.05, 0) is 0 Å². The van der Waals surface area contributed by atoms with E-state index >= 15 is 0 Å². The zero-order valence-electron chi connectivity index (χ0n) is 5.99. The molecule has 0 radical (unpaired) electrons. The minimum absolute atomic E-state index is 0.202. The summed E-state index contributed by atoms with van der Waals surface area (Å²) >= 11 is 0. The van der Waals surface area contributed by atoms with Crippen LogP contribution < -0.4 is 5.73 Å². The number of guanidine groups is 1. The summed E-state index contributed by atoms with van der Waals surface area (Å²) in [5.74, 6) is -0.600. The maximum Gasteiger partial charge on any atom is 0.391 e. The summed E-state index contributed by atoms with van der Waals surface area (Å²) in [6, 6.07) is 0. The van der Waals surface area contributed by atoms with E-state index in [-0.39, 0.29) is 13.2 Å². The maximum absolute atomic E-state index is 9.92. The number of aliphatic hydroxyl groups is 1. The lowest BCUT2D eigenvalue weighted by Crippen LogP contribution is -2.35. The summed E-state index contributed by atoms with van der Waals surface area (Å²) in [6.07, 6.45) is 0. The first kappa shape index (κ1) is 10.2. The average molecular weight is 178 g/mol. The van der Waals surface area contributed by atoms with Crippen molar-refractivity contribution in [1.82, 2.24) is 5.01 Å². The quantitative estimate of drug-likeness (QED) is 0.205. The molecule has 0 rings (SSSR count). The molecular weight excluding hydrogens is 170 g/mol. The van der Waals surface area contributed by atoms with Gasteiger partial charge in [0.15, 0.2) is 0 Å². The van der Waals surface area contributed by atoms with Gasteiger partial charge in [0, 0.05) is 0 Å². The lowest BCUT2D eigenvalue weighted by atomic mass is 10.6. The Labute approximate surface area is 66.5 Å². The second-order valence-electron chi connectivity index (χ2n) is 1.64. The minimum Gasteiger partial charge on any atom is -0.394 e. The van der Waals surface area contributed by atoms with Crippen LogP contribution >= 0.6 is 0 Å². The number of rotatable bonds is 4. The Hall–Kier alpha value is -1.77. The van der Waals surface area contributed by atoms with Crippen LogP contribution in [0.25, 0.3) is 0 Å². The van der Waals surface area contributed by atoms with Crippen molar-refractivity contribution < 1.29 is 15.3 Å². The summed E-state index contributed by atoms with van der Waals surface area (Å²) in [5.41, 5.74) is 4.98. The van der Waals surface area contributed by atoms with Gasteiger partial charge in [0.2, 0.25) is 0 Å². The van der Waals surface area contributed by atoms with E-state index in [1.807, 2.05) is 0 Å². The number of nitrogens with two attached hydrogens (primary N) is 1. The molecule has 0 amide bonds. The van der Waals surface area contributed by atoms with Crippen molar-refractivity contribution in [2.24, 2.45) is 16.1 Å². The van der Waals surface area contributed by atoms with Crippen LogP contribution in [-0.4, -0.2) is 39.5 Å². The van der Waals surface area contributed by atoms with Gasteiger partial charge in [-0.1, -0.05) is 0 Å². The molecule has 9 nitrogen and oxygen atoms in total. The fourth-order valence-corrected chi connectivity index (χ4v) is 0.431. The van der Waals surface area contributed by atoms with Crippen molar-refractivity contribution in [3.05, 3.63) is 9.81 Å². The monoisotopic (exact) mass is 178 g/mol. The van der Waals surface area contributed by atoms with Gasteiger partial charge in [-0.2, -0.15) is 5.01 Å². The Morgan fingerprint density at radius 1 is 1.67 bits per heavy atom. The second kappa shape index (κ2) is 4.96. The van der Waals surface area contributed by atoms with E-state index in [4.69, 9.17) is 16.0 Å². The van der Waals surface area contributed by atoms with Crippen LogP contribution in [0.5, 0.6) is 0 Å². The molecule has 0 unspecified atom stereocenters. The topological polar surface area (TPSA) is 132 Å². The summed E-state index contributed by atoms with van der Waals surface area (Å²) in [4.78, 5) is 19.8. The highest BCUT2D eigenvalue weighted by Gasteiger charge is 2.13. The standard InChI is InChI=1S/C3H8N5O4/c4-3(5-8(11)12)7(6-10)1-2-9/h9H,1-2H2,(H2,4,5)(H,11,12)/q+1. The van der Waals surface area contributed by atoms with Crippen molar-refractivity contribution in [3.63, 3.8) is 0 Å². The zero-order valence-corrected chi connectivity index (χ0v) is 5.99. The fourth-order valence-electron chi connectivity index (χ4n) is 0.431. The third-order valence-corrected chi connectivity index (χ3v) is 0.863. The molecule has 0 heterocycles. The molecule has 0 saturated carbocycles. The molecule has 0 aromatic rings. The predicted octanol–water partition coefficient (Wildman–Crippen LogP) is -1.64. The van der Waals surface area contributed by atoms with Gasteiger partial charge >= 0.3 is 5.03 Å². The first-order valence-corrected chi connectivity index (χ1v) is 2.83. The summed E-state index contributed by atoms with van der Waals surface area (Å²) < 4.78 is 0. The highest BCUT2D eigenvalue weighted by molar-refractivity contribution is 5.76. The van der Waals surface area contributed by atoms with Crippen LogP contribution in [0.3, 0.4) is 0 Å². The summed E-state index contributed by atoms with van der Waals surface area (Å²) in [6.45, 7) is -0.584. The smallest absolute Gasteiger partial charge is 0.391 e. The summed E-state index contributed by atoms with van der Waals surface area (Å²) in [5, 5.41) is 21.1. The third kappa shape index (κ3) is 3.41. The Kier molecular flexibility index (Phi) is 4.23. The number of hydrogen-bond donors (Lipinski definition) is 3. The van der Waals surface area contributed by atoms with Crippen LogP contribution in [-0.2, 0) is 0 Å². The second-order valence-corrected chi connectivity index (χ2v) is 1.64. The van der Waals surface area contributed by atoms with Gasteiger partial charge in [0.1, 0.15) is 10.0 Å². The first-order chi connectivity index (χ1) is 5.61. The van der Waals surface area contributed by atoms with Crippen LogP contribution in [0, 0.1) is 9.81 Å². The average Bonchev–Trinajstić information content (AvgIpc) is 1.98. The van der Waals surface area contributed by atoms with Crippen LogP contribution in [0.15, 0.2) is 10.4 Å². The molecule has 0 aromatic carbocycles. The van der Waals surface area contributed by atoms with E-state index in [0.717, 1.165) is 0 Å². The molecule has 4 N–H and O–H groups in total. The first-order valence-electron chi connectivity index (χ1n) is 2.83. The highest BCUT2D eigenvalue weighted by Crippen LogP contribution is 1.87. The molecule has 12 heavy (non-hydrogen) atoms. The molecule has 9 heteroatoms. The SMILES string of the molecule is N/C(=N\[N+](=O)O)N(CCO)N=O. The van der Waals surface area contributed by atoms with Crippen molar-refractivity contribution in [1.29, 1.82) is 0 Å². The van der Waals surface area contributed by atoms with Crippen LogP contribution in [0.1, 0.15) is 0 Å². The predicted molar refractivity (Wildman–Crippen MR) is 36.6 cm³/mol. The van der Waals surface area contributed by atoms with Crippen LogP contribution in [0.2, 0.25) is 0 Å². The highest BCUT2D eigenvalue weighted by atomic mass is 16.7. The van der Waals surface area contributed by atoms with Gasteiger partial charge in [-0.15, -0.1) is 4.91 Å². The van der Waals surface area contributed by atoms with E-state index in [1.165, 1.54) is 0 Å². The van der Waals surface area contributed by atoms with Crippen molar-refractivity contribution in [2.45, 2.75) is 0 Å². The van der Waals surface area contributed by atoms with Crippen molar-refractivity contribution >= 4 is 5.96 Å². The molecule has 0 fully saturated rings. The van der Waals surface area contributed by atoms with Crippen molar-refractivity contribution in [3.8, 4) is 0 Å². The molecule has 68 valence electrons. The van der Waals surface area contributed by atoms with E-state index in [0.29, 0.717) is 5.01 Å². The number of aliphatic hydroxyl groups excluding tert-OH is 1. The number of nitroso groups, excluding NO2 is 1. The Morgan fingerprint density at radius 2 is 2.25 bits per heavy atom. The van der Waals surface area contributed by atoms with Crippen molar-refractivity contribution in [2.75, 3.05) is 13.2 Å².